The van der Waals surface area contributed by atoms with Crippen LogP contribution in [0.4, 0.5) is 0 Å². The molecule has 0 aromatic carbocycles. The van der Waals surface area contributed by atoms with Gasteiger partial charge in [-0.2, -0.15) is 0 Å². The number of hydrogen-bond donors (Lipinski definition) is 1. The fraction of sp³-hybridized carbons (Fsp3) is 1.00. The van der Waals surface area contributed by atoms with Crippen LogP contribution in [0, 0.1) is 0 Å². The van der Waals surface area contributed by atoms with Crippen molar-refractivity contribution in [2.45, 2.75) is 89.8 Å². The van der Waals surface area contributed by atoms with Gasteiger partial charge in [0.05, 0.1) is 0 Å². The molecule has 1 saturated carbocycles. The molecule has 0 bridgehead atoms. The largest absolute Gasteiger partial charge is 0.308 e. The summed E-state index contributed by atoms with van der Waals surface area (Å²) in [6, 6.07) is 0.683. The Labute approximate surface area is 114 Å². The van der Waals surface area contributed by atoms with Crippen LogP contribution in [0.15, 0.2) is 0 Å². The topological polar surface area (TPSA) is 15.3 Å². The average molecular weight is 252 g/mol. The highest BCUT2D eigenvalue weighted by Gasteiger charge is 2.43. The lowest BCUT2D eigenvalue weighted by Gasteiger charge is -2.55. The van der Waals surface area contributed by atoms with Crippen LogP contribution in [0.2, 0.25) is 0 Å². The maximum absolute atomic E-state index is 3.89. The van der Waals surface area contributed by atoms with Crippen molar-refractivity contribution >= 4 is 0 Å². The second-order valence-electron chi connectivity index (χ2n) is 6.90. The van der Waals surface area contributed by atoms with Crippen LogP contribution in [-0.2, 0) is 0 Å². The zero-order valence-corrected chi connectivity index (χ0v) is 12.9. The van der Waals surface area contributed by atoms with Crippen LogP contribution >= 0.6 is 0 Å². The van der Waals surface area contributed by atoms with Gasteiger partial charge in [-0.15, -0.1) is 0 Å². The smallest absolute Gasteiger partial charge is 0.0309 e. The van der Waals surface area contributed by atoms with Gasteiger partial charge in [-0.05, 0) is 39.5 Å². The van der Waals surface area contributed by atoms with Crippen molar-refractivity contribution in [2.75, 3.05) is 13.1 Å². The van der Waals surface area contributed by atoms with Crippen molar-refractivity contribution in [3.8, 4) is 0 Å². The van der Waals surface area contributed by atoms with E-state index in [9.17, 15) is 0 Å². The predicted octanol–water partition coefficient (Wildman–Crippen LogP) is 3.56. The third-order valence-electron chi connectivity index (χ3n) is 5.80. The van der Waals surface area contributed by atoms with Gasteiger partial charge in [0.2, 0.25) is 0 Å². The highest BCUT2D eigenvalue weighted by molar-refractivity contribution is 5.02. The summed E-state index contributed by atoms with van der Waals surface area (Å²) in [7, 11) is 0. The third-order valence-corrected chi connectivity index (χ3v) is 5.80. The van der Waals surface area contributed by atoms with Crippen LogP contribution in [0.25, 0.3) is 0 Å². The fourth-order valence-corrected chi connectivity index (χ4v) is 3.95. The molecule has 0 amide bonds. The number of nitrogens with zero attached hydrogens (tertiary/aromatic N) is 1. The summed E-state index contributed by atoms with van der Waals surface area (Å²) < 4.78 is 0. The van der Waals surface area contributed by atoms with E-state index >= 15 is 0 Å². The Morgan fingerprint density at radius 1 is 1.17 bits per heavy atom. The highest BCUT2D eigenvalue weighted by atomic mass is 15.3. The SMILES string of the molecule is CCC(C)(CC)N1CC2(CCCCC2)NCC1C. The second-order valence-corrected chi connectivity index (χ2v) is 6.90. The first kappa shape index (κ1) is 14.3. The lowest BCUT2D eigenvalue weighted by atomic mass is 9.77. The Balaban J connectivity index is 2.13. The molecular weight excluding hydrogens is 220 g/mol. The molecule has 1 aliphatic heterocycles. The fourth-order valence-electron chi connectivity index (χ4n) is 3.95. The lowest BCUT2D eigenvalue weighted by Crippen LogP contribution is -2.68. The van der Waals surface area contributed by atoms with Gasteiger partial charge in [0.1, 0.15) is 0 Å². The van der Waals surface area contributed by atoms with Gasteiger partial charge in [-0.1, -0.05) is 33.1 Å². The number of hydrogen-bond acceptors (Lipinski definition) is 2. The molecule has 0 aromatic rings. The molecule has 1 unspecified atom stereocenters. The van der Waals surface area contributed by atoms with Gasteiger partial charge in [-0.3, -0.25) is 4.90 Å². The second kappa shape index (κ2) is 5.50. The van der Waals surface area contributed by atoms with E-state index in [4.69, 9.17) is 0 Å². The lowest BCUT2D eigenvalue weighted by molar-refractivity contribution is -0.0180. The number of nitrogens with one attached hydrogen (secondary N) is 1. The first-order chi connectivity index (χ1) is 8.55. The highest BCUT2D eigenvalue weighted by Crippen LogP contribution is 2.36. The van der Waals surface area contributed by atoms with Gasteiger partial charge in [0.15, 0.2) is 0 Å². The first-order valence-electron chi connectivity index (χ1n) is 8.07. The Hall–Kier alpha value is -0.0800. The van der Waals surface area contributed by atoms with E-state index < -0.39 is 0 Å². The Morgan fingerprint density at radius 3 is 2.33 bits per heavy atom. The third kappa shape index (κ3) is 2.60. The van der Waals surface area contributed by atoms with E-state index in [0.29, 0.717) is 17.1 Å². The van der Waals surface area contributed by atoms with Gasteiger partial charge < -0.3 is 5.32 Å². The molecule has 1 atom stereocenters. The molecule has 2 heteroatoms. The van der Waals surface area contributed by atoms with Crippen LogP contribution < -0.4 is 5.32 Å². The van der Waals surface area contributed by atoms with Crippen molar-refractivity contribution in [1.82, 2.24) is 10.2 Å². The zero-order chi connectivity index (χ0) is 13.2. The number of rotatable bonds is 3. The molecule has 0 radical (unpaired) electrons. The standard InChI is InChI=1S/C16H32N2/c1-5-15(4,6-2)18-13-16(17-12-14(18)3)10-8-7-9-11-16/h14,17H,5-13H2,1-4H3. The summed E-state index contributed by atoms with van der Waals surface area (Å²) in [6.45, 7) is 12.0. The molecule has 0 aromatic heterocycles. The molecule has 1 spiro atoms. The van der Waals surface area contributed by atoms with Crippen molar-refractivity contribution in [1.29, 1.82) is 0 Å². The van der Waals surface area contributed by atoms with Gasteiger partial charge in [0, 0.05) is 30.2 Å². The van der Waals surface area contributed by atoms with E-state index in [0.717, 1.165) is 0 Å². The summed E-state index contributed by atoms with van der Waals surface area (Å²) in [6.07, 6.45) is 9.60. The molecule has 1 N–H and O–H groups in total. The van der Waals surface area contributed by atoms with Crippen molar-refractivity contribution < 1.29 is 0 Å². The Bertz CT molecular complexity index is 264. The summed E-state index contributed by atoms with van der Waals surface area (Å²) in [5, 5.41) is 3.89. The first-order valence-corrected chi connectivity index (χ1v) is 8.07. The summed E-state index contributed by atoms with van der Waals surface area (Å²) in [5.74, 6) is 0. The summed E-state index contributed by atoms with van der Waals surface area (Å²) in [4.78, 5) is 2.81. The van der Waals surface area contributed by atoms with Crippen molar-refractivity contribution in [3.63, 3.8) is 0 Å². The maximum atomic E-state index is 3.89. The minimum Gasteiger partial charge on any atom is -0.308 e. The minimum absolute atomic E-state index is 0.395. The van der Waals surface area contributed by atoms with Crippen LogP contribution in [0.1, 0.15) is 72.6 Å². The predicted molar refractivity (Wildman–Crippen MR) is 79.0 cm³/mol. The molecule has 18 heavy (non-hydrogen) atoms. The maximum Gasteiger partial charge on any atom is 0.0309 e. The number of piperazine rings is 1. The zero-order valence-electron chi connectivity index (χ0n) is 12.9. The molecule has 1 heterocycles. The molecule has 2 fully saturated rings. The average Bonchev–Trinajstić information content (AvgIpc) is 2.42. The summed E-state index contributed by atoms with van der Waals surface area (Å²) >= 11 is 0. The molecule has 1 aliphatic carbocycles. The molecule has 2 rings (SSSR count). The molecular formula is C16H32N2. The van der Waals surface area contributed by atoms with E-state index in [1.54, 1.807) is 0 Å². The Morgan fingerprint density at radius 2 is 1.78 bits per heavy atom. The minimum atomic E-state index is 0.395. The van der Waals surface area contributed by atoms with Crippen LogP contribution in [0.3, 0.4) is 0 Å². The van der Waals surface area contributed by atoms with E-state index in [1.807, 2.05) is 0 Å². The molecule has 106 valence electrons. The van der Waals surface area contributed by atoms with E-state index in [1.165, 1.54) is 58.0 Å². The van der Waals surface area contributed by atoms with Crippen LogP contribution in [-0.4, -0.2) is 35.1 Å². The molecule has 1 saturated heterocycles. The molecule has 2 aliphatic rings. The Kier molecular flexibility index (Phi) is 4.38. The molecule has 2 nitrogen and oxygen atoms in total. The monoisotopic (exact) mass is 252 g/mol. The van der Waals surface area contributed by atoms with Gasteiger partial charge in [0.25, 0.3) is 0 Å². The van der Waals surface area contributed by atoms with Gasteiger partial charge >= 0.3 is 0 Å². The summed E-state index contributed by atoms with van der Waals surface area (Å²) in [5.41, 5.74) is 0.836. The quantitative estimate of drug-likeness (QED) is 0.826. The van der Waals surface area contributed by atoms with E-state index in [2.05, 4.69) is 37.9 Å². The van der Waals surface area contributed by atoms with E-state index in [-0.39, 0.29) is 0 Å². The van der Waals surface area contributed by atoms with Gasteiger partial charge in [-0.25, -0.2) is 0 Å². The van der Waals surface area contributed by atoms with Crippen molar-refractivity contribution in [3.05, 3.63) is 0 Å². The van der Waals surface area contributed by atoms with Crippen LogP contribution in [0.5, 0.6) is 0 Å². The van der Waals surface area contributed by atoms with Crippen molar-refractivity contribution in [2.24, 2.45) is 0 Å². The normalized spacial score (nSPS) is 29.7.